The minimum absolute atomic E-state index is 0.0305. The van der Waals surface area contributed by atoms with Crippen LogP contribution in [-0.4, -0.2) is 10.9 Å². The minimum atomic E-state index is -0.650. The molecule has 2 rings (SSSR count). The van der Waals surface area contributed by atoms with Crippen molar-refractivity contribution in [1.29, 1.82) is 0 Å². The molecule has 1 aromatic heterocycles. The summed E-state index contributed by atoms with van der Waals surface area (Å²) in [5.41, 5.74) is 1.37. The van der Waals surface area contributed by atoms with Crippen LogP contribution in [0.1, 0.15) is 30.4 Å². The number of hydrogen-bond donors (Lipinski definition) is 1. The van der Waals surface area contributed by atoms with Crippen molar-refractivity contribution in [2.24, 2.45) is 0 Å². The predicted molar refractivity (Wildman–Crippen MR) is 75.5 cm³/mol. The van der Waals surface area contributed by atoms with Crippen molar-refractivity contribution in [3.8, 4) is 0 Å². The van der Waals surface area contributed by atoms with Crippen molar-refractivity contribution in [2.75, 3.05) is 0 Å². The molecule has 1 N–H and O–H groups in total. The molecule has 1 aromatic carbocycles. The molecule has 0 spiro atoms. The number of hydrogen-bond acceptors (Lipinski definition) is 2. The Morgan fingerprint density at radius 1 is 1.29 bits per heavy atom. The average Bonchev–Trinajstić information content (AvgIpc) is 2.45. The Hall–Kier alpha value is -2.30. The summed E-state index contributed by atoms with van der Waals surface area (Å²) in [6.45, 7) is 2.03. The molecule has 5 heteroatoms. The molecule has 0 aliphatic rings. The molecule has 0 fully saturated rings. The summed E-state index contributed by atoms with van der Waals surface area (Å²) in [5, 5.41) is 2.66. The van der Waals surface area contributed by atoms with Crippen molar-refractivity contribution in [1.82, 2.24) is 10.3 Å². The third-order valence-corrected chi connectivity index (χ3v) is 3.16. The first-order chi connectivity index (χ1) is 10.0. The SMILES string of the molecule is C[C@H](CC(=O)NCc1cc(F)cc(F)c1)c1cccnc1. The normalized spacial score (nSPS) is 12.0. The standard InChI is InChI=1S/C16H16F2N2O/c1-11(13-3-2-4-19-10-13)5-16(21)20-9-12-6-14(17)8-15(18)7-12/h2-4,6-8,10-11H,5,9H2,1H3,(H,20,21)/t11-/m1/s1. The van der Waals surface area contributed by atoms with Crippen LogP contribution in [0.4, 0.5) is 8.78 Å². The summed E-state index contributed by atoms with van der Waals surface area (Å²) < 4.78 is 26.0. The van der Waals surface area contributed by atoms with Crippen molar-refractivity contribution >= 4 is 5.91 Å². The maximum absolute atomic E-state index is 13.0. The zero-order valence-electron chi connectivity index (χ0n) is 11.6. The van der Waals surface area contributed by atoms with Gasteiger partial charge in [0.15, 0.2) is 0 Å². The highest BCUT2D eigenvalue weighted by Crippen LogP contribution is 2.17. The number of nitrogens with one attached hydrogen (secondary N) is 1. The molecular weight excluding hydrogens is 274 g/mol. The van der Waals surface area contributed by atoms with Gasteiger partial charge in [0.2, 0.25) is 5.91 Å². The molecular formula is C16H16F2N2O. The van der Waals surface area contributed by atoms with Crippen LogP contribution in [-0.2, 0) is 11.3 Å². The lowest BCUT2D eigenvalue weighted by atomic mass is 9.99. The van der Waals surface area contributed by atoms with Crippen LogP contribution < -0.4 is 5.32 Å². The Labute approximate surface area is 122 Å². The number of aromatic nitrogens is 1. The van der Waals surface area contributed by atoms with Gasteiger partial charge in [0.25, 0.3) is 0 Å². The van der Waals surface area contributed by atoms with E-state index in [2.05, 4.69) is 10.3 Å². The van der Waals surface area contributed by atoms with Gasteiger partial charge in [-0.2, -0.15) is 0 Å². The van der Waals surface area contributed by atoms with E-state index in [0.717, 1.165) is 11.6 Å². The second kappa shape index (κ2) is 6.92. The van der Waals surface area contributed by atoms with Crippen molar-refractivity contribution in [3.05, 3.63) is 65.5 Å². The van der Waals surface area contributed by atoms with Gasteiger partial charge in [0, 0.05) is 31.4 Å². The van der Waals surface area contributed by atoms with Gasteiger partial charge < -0.3 is 5.32 Å². The lowest BCUT2D eigenvalue weighted by Crippen LogP contribution is -2.24. The quantitative estimate of drug-likeness (QED) is 0.919. The van der Waals surface area contributed by atoms with Gasteiger partial charge in [-0.05, 0) is 35.2 Å². The van der Waals surface area contributed by atoms with Gasteiger partial charge >= 0.3 is 0 Å². The predicted octanol–water partition coefficient (Wildman–Crippen LogP) is 3.17. The number of benzene rings is 1. The van der Waals surface area contributed by atoms with Gasteiger partial charge in [0.1, 0.15) is 11.6 Å². The van der Waals surface area contributed by atoms with E-state index in [9.17, 15) is 13.6 Å². The van der Waals surface area contributed by atoms with Gasteiger partial charge in [-0.25, -0.2) is 8.78 Å². The molecule has 2 aromatic rings. The topological polar surface area (TPSA) is 42.0 Å². The summed E-state index contributed by atoms with van der Waals surface area (Å²) in [7, 11) is 0. The van der Waals surface area contributed by atoms with E-state index in [0.29, 0.717) is 12.0 Å². The first-order valence-electron chi connectivity index (χ1n) is 6.66. The first kappa shape index (κ1) is 15.1. The molecule has 0 saturated heterocycles. The molecule has 1 amide bonds. The number of carbonyl (C=O) groups is 1. The molecule has 3 nitrogen and oxygen atoms in total. The number of pyridine rings is 1. The highest BCUT2D eigenvalue weighted by molar-refractivity contribution is 5.76. The van der Waals surface area contributed by atoms with Gasteiger partial charge in [0.05, 0.1) is 0 Å². The van der Waals surface area contributed by atoms with Gasteiger partial charge in [-0.3, -0.25) is 9.78 Å². The summed E-state index contributed by atoms with van der Waals surface area (Å²) in [5.74, 6) is -1.44. The van der Waals surface area contributed by atoms with Crippen LogP contribution in [0, 0.1) is 11.6 Å². The van der Waals surface area contributed by atoms with E-state index in [1.807, 2.05) is 19.1 Å². The number of amides is 1. The fourth-order valence-corrected chi connectivity index (χ4v) is 2.05. The molecule has 0 unspecified atom stereocenters. The van der Waals surface area contributed by atoms with E-state index < -0.39 is 11.6 Å². The highest BCUT2D eigenvalue weighted by Gasteiger charge is 2.11. The third-order valence-electron chi connectivity index (χ3n) is 3.16. The number of halogens is 2. The van der Waals surface area contributed by atoms with Crippen molar-refractivity contribution in [3.63, 3.8) is 0 Å². The van der Waals surface area contributed by atoms with Crippen LogP contribution in [0.3, 0.4) is 0 Å². The molecule has 110 valence electrons. The summed E-state index contributed by atoms with van der Waals surface area (Å²) >= 11 is 0. The Morgan fingerprint density at radius 2 is 2.00 bits per heavy atom. The Kier molecular flexibility index (Phi) is 4.98. The maximum atomic E-state index is 13.0. The molecule has 0 aliphatic carbocycles. The van der Waals surface area contributed by atoms with E-state index in [4.69, 9.17) is 0 Å². The van der Waals surface area contributed by atoms with E-state index in [-0.39, 0.29) is 18.4 Å². The van der Waals surface area contributed by atoms with Gasteiger partial charge in [-0.1, -0.05) is 13.0 Å². The smallest absolute Gasteiger partial charge is 0.220 e. The van der Waals surface area contributed by atoms with Crippen LogP contribution in [0.5, 0.6) is 0 Å². The second-order valence-electron chi connectivity index (χ2n) is 4.95. The fourth-order valence-electron chi connectivity index (χ4n) is 2.05. The fraction of sp³-hybridized carbons (Fsp3) is 0.250. The second-order valence-corrected chi connectivity index (χ2v) is 4.95. The van der Waals surface area contributed by atoms with E-state index >= 15 is 0 Å². The molecule has 0 radical (unpaired) electrons. The summed E-state index contributed by atoms with van der Waals surface area (Å²) in [6.07, 6.45) is 3.69. The lowest BCUT2D eigenvalue weighted by molar-refractivity contribution is -0.121. The Balaban J connectivity index is 1.87. The van der Waals surface area contributed by atoms with Gasteiger partial charge in [-0.15, -0.1) is 0 Å². The minimum Gasteiger partial charge on any atom is -0.352 e. The van der Waals surface area contributed by atoms with Crippen LogP contribution >= 0.6 is 0 Å². The summed E-state index contributed by atoms with van der Waals surface area (Å²) in [4.78, 5) is 15.9. The van der Waals surface area contributed by atoms with Crippen LogP contribution in [0.25, 0.3) is 0 Å². The number of carbonyl (C=O) groups excluding carboxylic acids is 1. The first-order valence-corrected chi connectivity index (χ1v) is 6.66. The number of nitrogens with zero attached hydrogens (tertiary/aromatic N) is 1. The molecule has 1 atom stereocenters. The van der Waals surface area contributed by atoms with E-state index in [1.54, 1.807) is 12.4 Å². The van der Waals surface area contributed by atoms with Crippen molar-refractivity contribution in [2.45, 2.75) is 25.8 Å². The summed E-state index contributed by atoms with van der Waals surface area (Å²) in [6, 6.07) is 6.93. The highest BCUT2D eigenvalue weighted by atomic mass is 19.1. The Bertz CT molecular complexity index is 597. The number of rotatable bonds is 5. The Morgan fingerprint density at radius 3 is 2.62 bits per heavy atom. The zero-order valence-corrected chi connectivity index (χ0v) is 11.6. The molecule has 0 aliphatic heterocycles. The lowest BCUT2D eigenvalue weighted by Gasteiger charge is -2.11. The molecule has 21 heavy (non-hydrogen) atoms. The van der Waals surface area contributed by atoms with Crippen LogP contribution in [0.2, 0.25) is 0 Å². The molecule has 0 bridgehead atoms. The van der Waals surface area contributed by atoms with E-state index in [1.165, 1.54) is 12.1 Å². The monoisotopic (exact) mass is 290 g/mol. The van der Waals surface area contributed by atoms with Crippen LogP contribution in [0.15, 0.2) is 42.7 Å². The molecule has 0 saturated carbocycles. The zero-order chi connectivity index (χ0) is 15.2. The molecule has 1 heterocycles. The largest absolute Gasteiger partial charge is 0.352 e. The maximum Gasteiger partial charge on any atom is 0.220 e. The van der Waals surface area contributed by atoms with Crippen molar-refractivity contribution < 1.29 is 13.6 Å². The third kappa shape index (κ3) is 4.63. The average molecular weight is 290 g/mol.